The molecule has 2 rings (SSSR count). The molecule has 0 aliphatic heterocycles. The molecule has 1 aromatic carbocycles. The summed E-state index contributed by atoms with van der Waals surface area (Å²) in [5.41, 5.74) is 1.19. The van der Waals surface area contributed by atoms with Crippen molar-refractivity contribution in [3.05, 3.63) is 35.3 Å². The molecule has 0 bridgehead atoms. The van der Waals surface area contributed by atoms with Gasteiger partial charge in [0.15, 0.2) is 0 Å². The van der Waals surface area contributed by atoms with E-state index in [9.17, 15) is 4.79 Å². The first-order chi connectivity index (χ1) is 15.4. The molecule has 1 unspecified atom stereocenters. The molecule has 178 valence electrons. The maximum atomic E-state index is 12.6. The summed E-state index contributed by atoms with van der Waals surface area (Å²) < 4.78 is 16.4. The van der Waals surface area contributed by atoms with Gasteiger partial charge in [-0.05, 0) is 57.4 Å². The van der Waals surface area contributed by atoms with Crippen LogP contribution in [0.5, 0.6) is 5.75 Å². The number of aromatic nitrogens is 1. The number of alkyl carbamates (subject to hydrolysis) is 1. The van der Waals surface area contributed by atoms with Crippen LogP contribution < -0.4 is 10.1 Å². The molecule has 1 amide bonds. The molecule has 7 heteroatoms. The third kappa shape index (κ3) is 8.43. The molecule has 0 fully saturated rings. The van der Waals surface area contributed by atoms with Crippen LogP contribution in [-0.2, 0) is 15.0 Å². The molecule has 0 spiro atoms. The number of thiazole rings is 1. The Bertz CT molecular complexity index is 805. The van der Waals surface area contributed by atoms with Gasteiger partial charge in [0, 0.05) is 18.1 Å². The van der Waals surface area contributed by atoms with Crippen LogP contribution in [0.3, 0.4) is 0 Å². The van der Waals surface area contributed by atoms with E-state index in [1.165, 1.54) is 6.42 Å². The van der Waals surface area contributed by atoms with Crippen LogP contribution in [0.4, 0.5) is 4.79 Å². The molecule has 1 aromatic heterocycles. The summed E-state index contributed by atoms with van der Waals surface area (Å²) in [4.78, 5) is 17.4. The number of hydrogen-bond donors (Lipinski definition) is 1. The summed E-state index contributed by atoms with van der Waals surface area (Å²) >= 11 is 1.56. The summed E-state index contributed by atoms with van der Waals surface area (Å²) in [6.07, 6.45) is 5.81. The Morgan fingerprint density at radius 1 is 1.09 bits per heavy atom. The molecule has 2 aromatic rings. The Hall–Kier alpha value is -2.12. The lowest BCUT2D eigenvalue weighted by molar-refractivity contribution is 0.0783. The molecule has 0 radical (unpaired) electrons. The van der Waals surface area contributed by atoms with Crippen LogP contribution >= 0.6 is 11.3 Å². The van der Waals surface area contributed by atoms with E-state index in [1.54, 1.807) is 18.4 Å². The molecule has 1 atom stereocenters. The van der Waals surface area contributed by atoms with Gasteiger partial charge in [-0.25, -0.2) is 9.78 Å². The van der Waals surface area contributed by atoms with E-state index in [0.717, 1.165) is 54.1 Å². The molecular weight excluding hydrogens is 424 g/mol. The van der Waals surface area contributed by atoms with Crippen molar-refractivity contribution in [3.8, 4) is 16.3 Å². The van der Waals surface area contributed by atoms with Crippen molar-refractivity contribution in [2.75, 3.05) is 20.3 Å². The number of hydrogen-bond acceptors (Lipinski definition) is 6. The molecule has 0 aliphatic rings. The zero-order valence-corrected chi connectivity index (χ0v) is 20.9. The van der Waals surface area contributed by atoms with Crippen LogP contribution in [-0.4, -0.2) is 37.5 Å². The Morgan fingerprint density at radius 3 is 2.50 bits per heavy atom. The fraction of sp³-hybridized carbons (Fsp3) is 0.600. The van der Waals surface area contributed by atoms with Gasteiger partial charge in [-0.2, -0.15) is 0 Å². The van der Waals surface area contributed by atoms with Crippen molar-refractivity contribution in [3.63, 3.8) is 0 Å². The van der Waals surface area contributed by atoms with Gasteiger partial charge in [-0.3, -0.25) is 0 Å². The number of ether oxygens (including phenoxy) is 3. The van der Waals surface area contributed by atoms with Crippen LogP contribution in [0.2, 0.25) is 0 Å². The number of unbranched alkanes of at least 4 members (excludes halogenated alkanes) is 2. The molecule has 0 saturated carbocycles. The number of rotatable bonds is 14. The third-order valence-electron chi connectivity index (χ3n) is 5.23. The van der Waals surface area contributed by atoms with Crippen molar-refractivity contribution < 1.29 is 19.0 Å². The number of methoxy groups -OCH3 is 1. The largest absolute Gasteiger partial charge is 0.491 e. The number of carbonyl (C=O) groups excluding carboxylic acids is 1. The average Bonchev–Trinajstić information content (AvgIpc) is 3.26. The highest BCUT2D eigenvalue weighted by Crippen LogP contribution is 2.30. The quantitative estimate of drug-likeness (QED) is 0.323. The van der Waals surface area contributed by atoms with Gasteiger partial charge in [-0.15, -0.1) is 11.3 Å². The van der Waals surface area contributed by atoms with E-state index in [4.69, 9.17) is 19.2 Å². The van der Waals surface area contributed by atoms with Gasteiger partial charge >= 0.3 is 6.09 Å². The van der Waals surface area contributed by atoms with Crippen molar-refractivity contribution >= 4 is 17.4 Å². The van der Waals surface area contributed by atoms with Gasteiger partial charge in [0.25, 0.3) is 0 Å². The number of nitrogens with zero attached hydrogens (tertiary/aromatic N) is 1. The molecule has 1 N–H and O–H groups in total. The third-order valence-corrected chi connectivity index (χ3v) is 6.12. The summed E-state index contributed by atoms with van der Waals surface area (Å²) in [6, 6.07) is 7.84. The second-order valence-corrected chi connectivity index (χ2v) is 9.32. The Kier molecular flexibility index (Phi) is 11.0. The normalized spacial score (nSPS) is 12.4. The van der Waals surface area contributed by atoms with Crippen molar-refractivity contribution in [2.45, 2.75) is 77.9 Å². The molecule has 0 aliphatic carbocycles. The summed E-state index contributed by atoms with van der Waals surface area (Å²) in [7, 11) is 1.65. The summed E-state index contributed by atoms with van der Waals surface area (Å²) in [5.74, 6) is 0.799. The molecule has 32 heavy (non-hydrogen) atoms. The first-order valence-electron chi connectivity index (χ1n) is 11.6. The lowest BCUT2D eigenvalue weighted by Gasteiger charge is -2.26. The smallest absolute Gasteiger partial charge is 0.408 e. The lowest BCUT2D eigenvalue weighted by atomic mass is 10.0. The molecule has 6 nitrogen and oxygen atoms in total. The highest BCUT2D eigenvalue weighted by Gasteiger charge is 2.28. The maximum Gasteiger partial charge on any atom is 0.408 e. The zero-order chi connectivity index (χ0) is 23.4. The van der Waals surface area contributed by atoms with Crippen LogP contribution in [0.1, 0.15) is 71.9 Å². The minimum atomic E-state index is -0.630. The highest BCUT2D eigenvalue weighted by atomic mass is 32.1. The van der Waals surface area contributed by atoms with Gasteiger partial charge in [-0.1, -0.05) is 33.1 Å². The van der Waals surface area contributed by atoms with Gasteiger partial charge in [0.1, 0.15) is 23.5 Å². The fourth-order valence-electron chi connectivity index (χ4n) is 3.34. The van der Waals surface area contributed by atoms with Gasteiger partial charge in [0.2, 0.25) is 0 Å². The maximum absolute atomic E-state index is 12.6. The minimum absolute atomic E-state index is 0.0297. The Morgan fingerprint density at radius 2 is 1.84 bits per heavy atom. The summed E-state index contributed by atoms with van der Waals surface area (Å²) in [6.45, 7) is 9.27. The standard InChI is InChI=1S/C25H38N2O4S/c1-6-8-9-11-21(10-7-2)31-24(28)27-25(3,4)22-18-32-23(26-22)19-12-14-20(15-13-19)30-17-16-29-5/h12-15,18,21H,6-11,16-17H2,1-5H3,(H,27,28). The monoisotopic (exact) mass is 462 g/mol. The SMILES string of the molecule is CCCCCC(CCC)OC(=O)NC(C)(C)c1csc(-c2ccc(OCCOC)cc2)n1. The number of amides is 1. The van der Waals surface area contributed by atoms with E-state index >= 15 is 0 Å². The predicted molar refractivity (Wildman–Crippen MR) is 130 cm³/mol. The van der Waals surface area contributed by atoms with Gasteiger partial charge < -0.3 is 19.5 Å². The van der Waals surface area contributed by atoms with Crippen molar-refractivity contribution in [1.29, 1.82) is 0 Å². The van der Waals surface area contributed by atoms with E-state index in [2.05, 4.69) is 19.2 Å². The number of carbonyl (C=O) groups is 1. The molecule has 1 heterocycles. The average molecular weight is 463 g/mol. The summed E-state index contributed by atoms with van der Waals surface area (Å²) in [5, 5.41) is 5.89. The zero-order valence-electron chi connectivity index (χ0n) is 20.1. The van der Waals surface area contributed by atoms with E-state index in [-0.39, 0.29) is 12.2 Å². The first-order valence-corrected chi connectivity index (χ1v) is 12.4. The van der Waals surface area contributed by atoms with Crippen LogP contribution in [0.25, 0.3) is 10.6 Å². The van der Waals surface area contributed by atoms with Crippen molar-refractivity contribution in [1.82, 2.24) is 10.3 Å². The molecule has 0 saturated heterocycles. The van der Waals surface area contributed by atoms with Gasteiger partial charge in [0.05, 0.1) is 17.8 Å². The van der Waals surface area contributed by atoms with Crippen molar-refractivity contribution in [2.24, 2.45) is 0 Å². The minimum Gasteiger partial charge on any atom is -0.491 e. The Balaban J connectivity index is 1.97. The lowest BCUT2D eigenvalue weighted by Crippen LogP contribution is -2.42. The Labute approximate surface area is 196 Å². The second kappa shape index (κ2) is 13.4. The van der Waals surface area contributed by atoms with E-state index in [1.807, 2.05) is 43.5 Å². The van der Waals surface area contributed by atoms with E-state index < -0.39 is 5.54 Å². The fourth-order valence-corrected chi connectivity index (χ4v) is 4.33. The number of benzene rings is 1. The second-order valence-electron chi connectivity index (χ2n) is 8.47. The van der Waals surface area contributed by atoms with Crippen LogP contribution in [0, 0.1) is 0 Å². The number of nitrogens with one attached hydrogen (secondary N) is 1. The van der Waals surface area contributed by atoms with E-state index in [0.29, 0.717) is 13.2 Å². The topological polar surface area (TPSA) is 69.7 Å². The first kappa shape index (κ1) is 26.1. The molecular formula is C25H38N2O4S. The predicted octanol–water partition coefficient (Wildman–Crippen LogP) is 6.55. The van der Waals surface area contributed by atoms with Crippen LogP contribution in [0.15, 0.2) is 29.6 Å². The highest BCUT2D eigenvalue weighted by molar-refractivity contribution is 7.13.